The minimum absolute atomic E-state index is 0.455. The van der Waals surface area contributed by atoms with Crippen molar-refractivity contribution in [3.05, 3.63) is 12.2 Å². The molecule has 0 amide bonds. The Kier molecular flexibility index (Phi) is 6.74. The van der Waals surface area contributed by atoms with Gasteiger partial charge >= 0.3 is 0 Å². The first-order valence-corrected chi connectivity index (χ1v) is 6.73. The van der Waals surface area contributed by atoms with Gasteiger partial charge in [-0.3, -0.25) is 0 Å². The smallest absolute Gasteiger partial charge is 0.00387 e. The summed E-state index contributed by atoms with van der Waals surface area (Å²) in [6, 6.07) is 0.455. The van der Waals surface area contributed by atoms with Crippen molar-refractivity contribution < 1.29 is 0 Å². The zero-order valence-corrected chi connectivity index (χ0v) is 10.3. The summed E-state index contributed by atoms with van der Waals surface area (Å²) in [6.07, 6.45) is 16.5. The molecule has 1 heteroatoms. The quantitative estimate of drug-likeness (QED) is 0.657. The Morgan fingerprint density at radius 1 is 1.33 bits per heavy atom. The number of rotatable bonds is 6. The minimum atomic E-state index is 0.455. The monoisotopic (exact) mass is 209 g/mol. The van der Waals surface area contributed by atoms with Crippen LogP contribution in [0.25, 0.3) is 0 Å². The second-order valence-corrected chi connectivity index (χ2v) is 4.98. The van der Waals surface area contributed by atoms with Crippen LogP contribution in [0.2, 0.25) is 0 Å². The standard InChI is InChI=1S/C14H27N/c1-2-8-14(15)12-7-11-13-9-5-3-4-6-10-13/h3,5,13-14H,2,4,6-12,15H2,1H3. The molecule has 0 spiro atoms. The van der Waals surface area contributed by atoms with Crippen molar-refractivity contribution in [2.24, 2.45) is 11.7 Å². The molecule has 1 aliphatic carbocycles. The van der Waals surface area contributed by atoms with Gasteiger partial charge in [0.15, 0.2) is 0 Å². The van der Waals surface area contributed by atoms with Crippen molar-refractivity contribution in [3.63, 3.8) is 0 Å². The number of hydrogen-bond donors (Lipinski definition) is 1. The molecular weight excluding hydrogens is 182 g/mol. The van der Waals surface area contributed by atoms with Gasteiger partial charge in [-0.15, -0.1) is 0 Å². The topological polar surface area (TPSA) is 26.0 Å². The lowest BCUT2D eigenvalue weighted by Gasteiger charge is -2.15. The van der Waals surface area contributed by atoms with Gasteiger partial charge in [-0.05, 0) is 44.4 Å². The first-order valence-electron chi connectivity index (χ1n) is 6.73. The van der Waals surface area contributed by atoms with Crippen molar-refractivity contribution in [2.75, 3.05) is 0 Å². The molecule has 1 rings (SSSR count). The van der Waals surface area contributed by atoms with E-state index < -0.39 is 0 Å². The average molecular weight is 209 g/mol. The van der Waals surface area contributed by atoms with E-state index in [1.54, 1.807) is 0 Å². The van der Waals surface area contributed by atoms with E-state index in [9.17, 15) is 0 Å². The van der Waals surface area contributed by atoms with Crippen molar-refractivity contribution in [2.45, 2.75) is 70.8 Å². The third-order valence-corrected chi connectivity index (χ3v) is 3.47. The largest absolute Gasteiger partial charge is 0.328 e. The van der Waals surface area contributed by atoms with Crippen LogP contribution in [0.15, 0.2) is 12.2 Å². The predicted octanol–water partition coefficient (Wildman–Crippen LogP) is 4.03. The zero-order valence-electron chi connectivity index (χ0n) is 10.3. The van der Waals surface area contributed by atoms with E-state index in [1.165, 1.54) is 57.8 Å². The van der Waals surface area contributed by atoms with Gasteiger partial charge in [0.1, 0.15) is 0 Å². The molecule has 2 unspecified atom stereocenters. The van der Waals surface area contributed by atoms with Crippen LogP contribution in [0.1, 0.15) is 64.7 Å². The molecule has 15 heavy (non-hydrogen) atoms. The van der Waals surface area contributed by atoms with E-state index in [0.29, 0.717) is 6.04 Å². The average Bonchev–Trinajstić information content (AvgIpc) is 2.47. The lowest BCUT2D eigenvalue weighted by atomic mass is 9.93. The molecule has 0 aliphatic heterocycles. The molecule has 0 saturated carbocycles. The van der Waals surface area contributed by atoms with Crippen LogP contribution in [0.3, 0.4) is 0 Å². The highest BCUT2D eigenvalue weighted by molar-refractivity contribution is 4.87. The highest BCUT2D eigenvalue weighted by atomic mass is 14.6. The van der Waals surface area contributed by atoms with E-state index in [2.05, 4.69) is 19.1 Å². The molecule has 0 aromatic rings. The van der Waals surface area contributed by atoms with Gasteiger partial charge in [-0.1, -0.05) is 38.3 Å². The van der Waals surface area contributed by atoms with Gasteiger partial charge in [-0.2, -0.15) is 0 Å². The van der Waals surface area contributed by atoms with Crippen LogP contribution in [0.5, 0.6) is 0 Å². The number of nitrogens with two attached hydrogens (primary N) is 1. The fourth-order valence-electron chi connectivity index (χ4n) is 2.49. The second-order valence-electron chi connectivity index (χ2n) is 4.98. The van der Waals surface area contributed by atoms with E-state index in [4.69, 9.17) is 5.73 Å². The normalized spacial score (nSPS) is 23.7. The number of allylic oxidation sites excluding steroid dienone is 2. The van der Waals surface area contributed by atoms with Crippen LogP contribution in [0, 0.1) is 5.92 Å². The molecule has 0 aromatic heterocycles. The van der Waals surface area contributed by atoms with Gasteiger partial charge in [0.05, 0.1) is 0 Å². The first kappa shape index (κ1) is 12.8. The van der Waals surface area contributed by atoms with Crippen LogP contribution < -0.4 is 5.73 Å². The molecule has 0 fully saturated rings. The summed E-state index contributed by atoms with van der Waals surface area (Å²) >= 11 is 0. The van der Waals surface area contributed by atoms with Crippen molar-refractivity contribution in [1.29, 1.82) is 0 Å². The number of hydrogen-bond acceptors (Lipinski definition) is 1. The Morgan fingerprint density at radius 2 is 2.20 bits per heavy atom. The molecule has 1 nitrogen and oxygen atoms in total. The summed E-state index contributed by atoms with van der Waals surface area (Å²) in [4.78, 5) is 0. The maximum Gasteiger partial charge on any atom is 0.00387 e. The molecule has 88 valence electrons. The zero-order chi connectivity index (χ0) is 10.9. The van der Waals surface area contributed by atoms with Gasteiger partial charge in [-0.25, -0.2) is 0 Å². The van der Waals surface area contributed by atoms with E-state index >= 15 is 0 Å². The van der Waals surface area contributed by atoms with Crippen molar-refractivity contribution in [1.82, 2.24) is 0 Å². The molecule has 0 heterocycles. The summed E-state index contributed by atoms with van der Waals surface area (Å²) in [5.41, 5.74) is 6.02. The Balaban J connectivity index is 2.05. The highest BCUT2D eigenvalue weighted by Gasteiger charge is 2.09. The molecular formula is C14H27N. The second kappa shape index (κ2) is 7.92. The van der Waals surface area contributed by atoms with Crippen LogP contribution in [-0.4, -0.2) is 6.04 Å². The SMILES string of the molecule is CCCC(N)CCCC1CC=CCCC1. The van der Waals surface area contributed by atoms with Gasteiger partial charge in [0.2, 0.25) is 0 Å². The first-order chi connectivity index (χ1) is 7.33. The summed E-state index contributed by atoms with van der Waals surface area (Å²) in [7, 11) is 0. The maximum absolute atomic E-state index is 6.02. The van der Waals surface area contributed by atoms with Gasteiger partial charge in [0, 0.05) is 6.04 Å². The molecule has 2 N–H and O–H groups in total. The molecule has 0 radical (unpaired) electrons. The Morgan fingerprint density at radius 3 is 3.00 bits per heavy atom. The summed E-state index contributed by atoms with van der Waals surface area (Å²) in [5, 5.41) is 0. The molecule has 1 aliphatic rings. The molecule has 2 atom stereocenters. The third-order valence-electron chi connectivity index (χ3n) is 3.47. The Hall–Kier alpha value is -0.300. The lowest BCUT2D eigenvalue weighted by Crippen LogP contribution is -2.19. The van der Waals surface area contributed by atoms with E-state index in [1.807, 2.05) is 0 Å². The summed E-state index contributed by atoms with van der Waals surface area (Å²) in [5.74, 6) is 0.942. The fraction of sp³-hybridized carbons (Fsp3) is 0.857. The van der Waals surface area contributed by atoms with Crippen molar-refractivity contribution in [3.8, 4) is 0 Å². The van der Waals surface area contributed by atoms with Crippen LogP contribution >= 0.6 is 0 Å². The molecule has 0 bridgehead atoms. The Labute approximate surface area is 95.1 Å². The summed E-state index contributed by atoms with van der Waals surface area (Å²) in [6.45, 7) is 2.22. The maximum atomic E-state index is 6.02. The lowest BCUT2D eigenvalue weighted by molar-refractivity contribution is 0.412. The Bertz CT molecular complexity index is 174. The van der Waals surface area contributed by atoms with Gasteiger partial charge in [0.25, 0.3) is 0 Å². The van der Waals surface area contributed by atoms with Crippen molar-refractivity contribution >= 4 is 0 Å². The highest BCUT2D eigenvalue weighted by Crippen LogP contribution is 2.23. The fourth-order valence-corrected chi connectivity index (χ4v) is 2.49. The predicted molar refractivity (Wildman–Crippen MR) is 67.8 cm³/mol. The molecule has 0 aromatic carbocycles. The van der Waals surface area contributed by atoms with Gasteiger partial charge < -0.3 is 5.73 Å². The summed E-state index contributed by atoms with van der Waals surface area (Å²) < 4.78 is 0. The third kappa shape index (κ3) is 5.99. The van der Waals surface area contributed by atoms with Crippen LogP contribution in [0.4, 0.5) is 0 Å². The molecule has 0 saturated heterocycles. The van der Waals surface area contributed by atoms with Crippen LogP contribution in [-0.2, 0) is 0 Å². The van der Waals surface area contributed by atoms with E-state index in [-0.39, 0.29) is 0 Å². The minimum Gasteiger partial charge on any atom is -0.328 e. The van der Waals surface area contributed by atoms with E-state index in [0.717, 1.165) is 5.92 Å².